The number of aliphatic hydroxyl groups excluding tert-OH is 1. The van der Waals surface area contributed by atoms with Crippen LogP contribution in [0.3, 0.4) is 0 Å². The molecule has 1 heterocycles. The summed E-state index contributed by atoms with van der Waals surface area (Å²) in [6.07, 6.45) is -1.52. The summed E-state index contributed by atoms with van der Waals surface area (Å²) >= 11 is 1.06. The zero-order valence-electron chi connectivity index (χ0n) is 9.14. The van der Waals surface area contributed by atoms with Crippen LogP contribution in [0.4, 0.5) is 5.13 Å². The number of nitrogens with zero attached hydrogens (tertiary/aromatic N) is 1. The van der Waals surface area contributed by atoms with E-state index in [1.165, 1.54) is 0 Å². The molecule has 1 unspecified atom stereocenters. The van der Waals surface area contributed by atoms with Crippen molar-refractivity contribution in [2.24, 2.45) is 0 Å². The molecule has 0 aromatic carbocycles. The van der Waals surface area contributed by atoms with Gasteiger partial charge in [0.25, 0.3) is 5.91 Å². The van der Waals surface area contributed by atoms with Crippen molar-refractivity contribution < 1.29 is 19.8 Å². The lowest BCUT2D eigenvalue weighted by atomic mass is 10.2. The van der Waals surface area contributed by atoms with Gasteiger partial charge in [-0.1, -0.05) is 11.3 Å². The van der Waals surface area contributed by atoms with Gasteiger partial charge >= 0.3 is 5.97 Å². The second-order valence-corrected chi connectivity index (χ2v) is 4.40. The number of nitrogen functional groups attached to an aromatic ring is 1. The van der Waals surface area contributed by atoms with Crippen molar-refractivity contribution >= 4 is 28.3 Å². The molecular weight excluding hydrogens is 246 g/mol. The van der Waals surface area contributed by atoms with Crippen LogP contribution in [0.25, 0.3) is 0 Å². The number of anilines is 1. The summed E-state index contributed by atoms with van der Waals surface area (Å²) in [7, 11) is 0. The normalized spacial score (nSPS) is 12.1. The first-order chi connectivity index (χ1) is 7.91. The number of nitrogens with two attached hydrogens (primary N) is 1. The second-order valence-electron chi connectivity index (χ2n) is 3.37. The highest BCUT2D eigenvalue weighted by Crippen LogP contribution is 2.19. The summed E-state index contributed by atoms with van der Waals surface area (Å²) in [4.78, 5) is 26.2. The van der Waals surface area contributed by atoms with Crippen molar-refractivity contribution in [3.8, 4) is 0 Å². The van der Waals surface area contributed by atoms with Gasteiger partial charge < -0.3 is 21.3 Å². The maximum absolute atomic E-state index is 11.6. The first-order valence-corrected chi connectivity index (χ1v) is 5.65. The van der Waals surface area contributed by atoms with E-state index in [-0.39, 0.29) is 18.9 Å². The van der Waals surface area contributed by atoms with E-state index in [1.807, 2.05) is 0 Å². The highest BCUT2D eigenvalue weighted by Gasteiger charge is 2.16. The number of aryl methyl sites for hydroxylation is 1. The van der Waals surface area contributed by atoms with Crippen LogP contribution < -0.4 is 11.1 Å². The molecule has 1 amide bonds. The maximum Gasteiger partial charge on any atom is 0.332 e. The number of aromatic nitrogens is 1. The molecular formula is C9H13N3O4S. The van der Waals surface area contributed by atoms with Crippen LogP contribution in [0.1, 0.15) is 21.8 Å². The van der Waals surface area contributed by atoms with E-state index >= 15 is 0 Å². The van der Waals surface area contributed by atoms with E-state index in [9.17, 15) is 9.59 Å². The molecule has 1 aromatic rings. The molecule has 5 N–H and O–H groups in total. The van der Waals surface area contributed by atoms with Gasteiger partial charge in [0.05, 0.1) is 5.69 Å². The van der Waals surface area contributed by atoms with Crippen molar-refractivity contribution in [2.45, 2.75) is 19.4 Å². The molecule has 0 aliphatic carbocycles. The Morgan fingerprint density at radius 2 is 2.24 bits per heavy atom. The first-order valence-electron chi connectivity index (χ1n) is 4.83. The standard InChI is InChI=1S/C9H13N3O4S/c1-4-6(17-9(10)12-4)7(14)11-3-2-5(13)8(15)16/h5,13H,2-3H2,1H3,(H2,10,12)(H,11,14)(H,15,16). The zero-order valence-corrected chi connectivity index (χ0v) is 9.95. The monoisotopic (exact) mass is 259 g/mol. The third-order valence-corrected chi connectivity index (χ3v) is 2.99. The Bertz CT molecular complexity index is 432. The number of carbonyl (C=O) groups is 2. The predicted octanol–water partition coefficient (Wildman–Crippen LogP) is -0.401. The average Bonchev–Trinajstić information content (AvgIpc) is 2.57. The Hall–Kier alpha value is -1.67. The number of carbonyl (C=O) groups excluding carboxylic acids is 1. The molecule has 94 valence electrons. The van der Waals surface area contributed by atoms with E-state index in [2.05, 4.69) is 10.3 Å². The molecule has 1 aromatic heterocycles. The van der Waals surface area contributed by atoms with Crippen LogP contribution in [0.2, 0.25) is 0 Å². The van der Waals surface area contributed by atoms with Gasteiger partial charge in [0.2, 0.25) is 0 Å². The Kier molecular flexibility index (Phi) is 4.41. The van der Waals surface area contributed by atoms with E-state index in [0.717, 1.165) is 11.3 Å². The number of aliphatic hydroxyl groups is 1. The van der Waals surface area contributed by atoms with E-state index in [0.29, 0.717) is 15.7 Å². The third kappa shape index (κ3) is 3.68. The number of hydrogen-bond donors (Lipinski definition) is 4. The number of carboxylic acids is 1. The molecule has 0 saturated carbocycles. The zero-order chi connectivity index (χ0) is 13.0. The predicted molar refractivity (Wildman–Crippen MR) is 61.9 cm³/mol. The van der Waals surface area contributed by atoms with Crippen LogP contribution in [-0.4, -0.2) is 39.7 Å². The highest BCUT2D eigenvalue weighted by molar-refractivity contribution is 7.17. The van der Waals surface area contributed by atoms with Gasteiger partial charge in [0.15, 0.2) is 11.2 Å². The third-order valence-electron chi connectivity index (χ3n) is 2.01. The lowest BCUT2D eigenvalue weighted by Gasteiger charge is -2.06. The number of rotatable bonds is 5. The molecule has 1 rings (SSSR count). The smallest absolute Gasteiger partial charge is 0.332 e. The average molecular weight is 259 g/mol. The van der Waals surface area contributed by atoms with Crippen molar-refractivity contribution in [1.29, 1.82) is 0 Å². The summed E-state index contributed by atoms with van der Waals surface area (Å²) in [6, 6.07) is 0. The van der Waals surface area contributed by atoms with Crippen molar-refractivity contribution in [3.63, 3.8) is 0 Å². The number of aliphatic carboxylic acids is 1. The fourth-order valence-corrected chi connectivity index (χ4v) is 1.90. The van der Waals surface area contributed by atoms with Crippen LogP contribution >= 0.6 is 11.3 Å². The van der Waals surface area contributed by atoms with Crippen LogP contribution in [-0.2, 0) is 4.79 Å². The first kappa shape index (κ1) is 13.4. The lowest BCUT2D eigenvalue weighted by molar-refractivity contribution is -0.146. The SMILES string of the molecule is Cc1nc(N)sc1C(=O)NCCC(O)C(=O)O. The van der Waals surface area contributed by atoms with Crippen molar-refractivity contribution in [2.75, 3.05) is 12.3 Å². The number of hydrogen-bond acceptors (Lipinski definition) is 6. The molecule has 8 heteroatoms. The van der Waals surface area contributed by atoms with Gasteiger partial charge in [-0.05, 0) is 6.92 Å². The van der Waals surface area contributed by atoms with Crippen LogP contribution in [0.15, 0.2) is 0 Å². The van der Waals surface area contributed by atoms with Gasteiger partial charge in [0.1, 0.15) is 4.88 Å². The number of nitrogens with one attached hydrogen (secondary N) is 1. The van der Waals surface area contributed by atoms with Gasteiger partial charge in [0, 0.05) is 13.0 Å². The summed E-state index contributed by atoms with van der Waals surface area (Å²) in [5.74, 6) is -1.67. The lowest BCUT2D eigenvalue weighted by Crippen LogP contribution is -2.29. The highest BCUT2D eigenvalue weighted by atomic mass is 32.1. The fraction of sp³-hybridized carbons (Fsp3) is 0.444. The molecule has 0 aliphatic heterocycles. The Morgan fingerprint density at radius 1 is 1.59 bits per heavy atom. The fourth-order valence-electron chi connectivity index (χ4n) is 1.15. The molecule has 7 nitrogen and oxygen atoms in total. The number of thiazole rings is 1. The minimum atomic E-state index is -1.47. The Balaban J connectivity index is 2.45. The largest absolute Gasteiger partial charge is 0.479 e. The van der Waals surface area contributed by atoms with Gasteiger partial charge in [-0.3, -0.25) is 4.79 Å². The molecule has 0 radical (unpaired) electrons. The Morgan fingerprint density at radius 3 is 2.71 bits per heavy atom. The molecule has 17 heavy (non-hydrogen) atoms. The molecule has 0 saturated heterocycles. The van der Waals surface area contributed by atoms with Crippen LogP contribution in [0.5, 0.6) is 0 Å². The van der Waals surface area contributed by atoms with E-state index < -0.39 is 12.1 Å². The van der Waals surface area contributed by atoms with Gasteiger partial charge in [-0.25, -0.2) is 9.78 Å². The summed E-state index contributed by atoms with van der Waals surface area (Å²) in [5.41, 5.74) is 5.97. The summed E-state index contributed by atoms with van der Waals surface area (Å²) in [5, 5.41) is 20.2. The number of amides is 1. The summed E-state index contributed by atoms with van der Waals surface area (Å²) in [6.45, 7) is 1.73. The second kappa shape index (κ2) is 5.60. The summed E-state index contributed by atoms with van der Waals surface area (Å²) < 4.78 is 0. The Labute approximate surface area is 101 Å². The molecule has 0 bridgehead atoms. The molecule has 1 atom stereocenters. The van der Waals surface area contributed by atoms with E-state index in [1.54, 1.807) is 6.92 Å². The van der Waals surface area contributed by atoms with E-state index in [4.69, 9.17) is 15.9 Å². The van der Waals surface area contributed by atoms with Gasteiger partial charge in [-0.2, -0.15) is 0 Å². The van der Waals surface area contributed by atoms with Crippen LogP contribution in [0, 0.1) is 6.92 Å². The minimum absolute atomic E-state index is 0.0472. The topological polar surface area (TPSA) is 126 Å². The van der Waals surface area contributed by atoms with Crippen molar-refractivity contribution in [3.05, 3.63) is 10.6 Å². The van der Waals surface area contributed by atoms with Crippen molar-refractivity contribution in [1.82, 2.24) is 10.3 Å². The maximum atomic E-state index is 11.6. The number of carboxylic acid groups (broad SMARTS) is 1. The molecule has 0 fully saturated rings. The quantitative estimate of drug-likeness (QED) is 0.570. The minimum Gasteiger partial charge on any atom is -0.479 e. The molecule has 0 spiro atoms. The van der Waals surface area contributed by atoms with Gasteiger partial charge in [-0.15, -0.1) is 0 Å². The molecule has 0 aliphatic rings.